The zero-order valence-electron chi connectivity index (χ0n) is 14.1. The van der Waals surface area contributed by atoms with Gasteiger partial charge in [-0.3, -0.25) is 9.69 Å². The molecule has 25 heavy (non-hydrogen) atoms. The number of aliphatic hydroxyl groups excluding tert-OH is 1. The standard InChI is InChI=1S/C18H20N4O2S/c1-3-15(21-18(20)22(2)11-24)16-8-14(17(10-23)25-16)13-6-4-5-12(7-13)9-19/h4-8,11,15,23H,3,10H2,1-2H3,(H2,20,21). The minimum Gasteiger partial charge on any atom is -0.391 e. The number of carbonyl (C=O) groups excluding carboxylic acids is 1. The highest BCUT2D eigenvalue weighted by Gasteiger charge is 2.17. The molecular formula is C18H20N4O2S. The SMILES string of the molecule is CCC(N=C(N)N(C)C=O)c1cc(-c2cccc(C#N)c2)c(CO)s1. The van der Waals surface area contributed by atoms with Gasteiger partial charge in [-0.25, -0.2) is 4.99 Å². The first kappa shape index (κ1) is 18.6. The van der Waals surface area contributed by atoms with Gasteiger partial charge in [0, 0.05) is 16.8 Å². The van der Waals surface area contributed by atoms with E-state index in [1.54, 1.807) is 19.2 Å². The van der Waals surface area contributed by atoms with Gasteiger partial charge in [-0.15, -0.1) is 11.3 Å². The fraction of sp³-hybridized carbons (Fsp3) is 0.278. The molecule has 1 aromatic heterocycles. The number of aliphatic imine (C=N–C) groups is 1. The number of guanidine groups is 1. The number of hydrogen-bond acceptors (Lipinski definition) is 5. The van der Waals surface area contributed by atoms with Gasteiger partial charge in [0.25, 0.3) is 0 Å². The second kappa shape index (κ2) is 8.42. The molecule has 2 aromatic rings. The van der Waals surface area contributed by atoms with Crippen molar-refractivity contribution in [1.82, 2.24) is 4.90 Å². The molecule has 0 saturated heterocycles. The van der Waals surface area contributed by atoms with Crippen LogP contribution >= 0.6 is 11.3 Å². The van der Waals surface area contributed by atoms with Crippen molar-refractivity contribution in [3.8, 4) is 17.2 Å². The third kappa shape index (κ3) is 4.24. The summed E-state index contributed by atoms with van der Waals surface area (Å²) in [5, 5.41) is 18.8. The smallest absolute Gasteiger partial charge is 0.216 e. The van der Waals surface area contributed by atoms with Gasteiger partial charge in [0.15, 0.2) is 5.96 Å². The highest BCUT2D eigenvalue weighted by atomic mass is 32.1. The molecule has 1 heterocycles. The second-order valence-corrected chi connectivity index (χ2v) is 6.63. The Morgan fingerprint density at radius 1 is 1.52 bits per heavy atom. The molecule has 0 bridgehead atoms. The van der Waals surface area contributed by atoms with Crippen LogP contribution in [0.15, 0.2) is 35.3 Å². The van der Waals surface area contributed by atoms with E-state index in [1.165, 1.54) is 16.2 Å². The predicted molar refractivity (Wildman–Crippen MR) is 98.9 cm³/mol. The van der Waals surface area contributed by atoms with Gasteiger partial charge in [0.2, 0.25) is 6.41 Å². The number of nitriles is 1. The summed E-state index contributed by atoms with van der Waals surface area (Å²) in [5.41, 5.74) is 8.16. The average Bonchev–Trinajstić information content (AvgIpc) is 3.09. The average molecular weight is 356 g/mol. The lowest BCUT2D eigenvalue weighted by atomic mass is 10.0. The largest absolute Gasteiger partial charge is 0.391 e. The number of nitrogens with two attached hydrogens (primary N) is 1. The van der Waals surface area contributed by atoms with Crippen LogP contribution in [0, 0.1) is 11.3 Å². The van der Waals surface area contributed by atoms with Gasteiger partial charge in [-0.1, -0.05) is 19.1 Å². The quantitative estimate of drug-likeness (QED) is 0.472. The van der Waals surface area contributed by atoms with E-state index in [2.05, 4.69) is 11.1 Å². The lowest BCUT2D eigenvalue weighted by Gasteiger charge is -2.13. The number of benzene rings is 1. The summed E-state index contributed by atoms with van der Waals surface area (Å²) in [6.07, 6.45) is 1.31. The molecular weight excluding hydrogens is 336 g/mol. The Balaban J connectivity index is 2.45. The molecule has 0 aliphatic rings. The number of hydrogen-bond donors (Lipinski definition) is 2. The summed E-state index contributed by atoms with van der Waals surface area (Å²) in [6, 6.07) is 11.2. The van der Waals surface area contributed by atoms with Gasteiger partial charge in [-0.05, 0) is 35.7 Å². The molecule has 0 radical (unpaired) electrons. The monoisotopic (exact) mass is 356 g/mol. The molecule has 2 rings (SSSR count). The first-order valence-corrected chi connectivity index (χ1v) is 8.61. The van der Waals surface area contributed by atoms with Gasteiger partial charge in [0.05, 0.1) is 24.3 Å². The number of thiophene rings is 1. The van der Waals surface area contributed by atoms with Crippen molar-refractivity contribution < 1.29 is 9.90 Å². The third-order valence-electron chi connectivity index (χ3n) is 3.80. The predicted octanol–water partition coefficient (Wildman–Crippen LogP) is 2.63. The van der Waals surface area contributed by atoms with E-state index in [0.29, 0.717) is 18.4 Å². The van der Waals surface area contributed by atoms with Crippen LogP contribution in [0.2, 0.25) is 0 Å². The van der Waals surface area contributed by atoms with Crippen molar-refractivity contribution in [2.24, 2.45) is 10.7 Å². The molecule has 7 heteroatoms. The van der Waals surface area contributed by atoms with Crippen LogP contribution in [0.5, 0.6) is 0 Å². The second-order valence-electron chi connectivity index (χ2n) is 5.46. The van der Waals surface area contributed by atoms with Crippen LogP contribution in [-0.2, 0) is 11.4 Å². The fourth-order valence-corrected chi connectivity index (χ4v) is 3.56. The van der Waals surface area contributed by atoms with E-state index in [-0.39, 0.29) is 18.6 Å². The first-order valence-electron chi connectivity index (χ1n) is 7.79. The maximum absolute atomic E-state index is 10.8. The topological polar surface area (TPSA) is 103 Å². The summed E-state index contributed by atoms with van der Waals surface area (Å²) in [5.74, 6) is 0.147. The van der Waals surface area contributed by atoms with Gasteiger partial charge in [0.1, 0.15) is 0 Å². The molecule has 0 fully saturated rings. The van der Waals surface area contributed by atoms with Gasteiger partial charge in [-0.2, -0.15) is 5.26 Å². The molecule has 1 aromatic carbocycles. The Kier molecular flexibility index (Phi) is 6.28. The van der Waals surface area contributed by atoms with Crippen LogP contribution in [0.4, 0.5) is 0 Å². The summed E-state index contributed by atoms with van der Waals surface area (Å²) >= 11 is 1.46. The van der Waals surface area contributed by atoms with Crippen LogP contribution < -0.4 is 5.73 Å². The first-order chi connectivity index (χ1) is 12.0. The Morgan fingerprint density at radius 2 is 2.28 bits per heavy atom. The number of nitrogens with zero attached hydrogens (tertiary/aromatic N) is 3. The van der Waals surface area contributed by atoms with Crippen LogP contribution in [0.1, 0.15) is 34.7 Å². The number of rotatable bonds is 6. The Labute approximate surface area is 150 Å². The zero-order chi connectivity index (χ0) is 18.4. The summed E-state index contributed by atoms with van der Waals surface area (Å²) < 4.78 is 0. The van der Waals surface area contributed by atoms with Crippen LogP contribution in [-0.4, -0.2) is 29.4 Å². The maximum atomic E-state index is 10.8. The fourth-order valence-electron chi connectivity index (χ4n) is 2.39. The normalized spacial score (nSPS) is 12.5. The van der Waals surface area contributed by atoms with E-state index in [0.717, 1.165) is 20.9 Å². The molecule has 130 valence electrons. The van der Waals surface area contributed by atoms with E-state index in [9.17, 15) is 9.90 Å². The molecule has 0 saturated carbocycles. The van der Waals surface area contributed by atoms with Crippen molar-refractivity contribution in [3.05, 3.63) is 45.6 Å². The van der Waals surface area contributed by atoms with Crippen LogP contribution in [0.3, 0.4) is 0 Å². The maximum Gasteiger partial charge on any atom is 0.216 e. The Hall–Kier alpha value is -2.69. The Bertz CT molecular complexity index is 823. The van der Waals surface area contributed by atoms with E-state index >= 15 is 0 Å². The van der Waals surface area contributed by atoms with Crippen molar-refractivity contribution in [1.29, 1.82) is 5.26 Å². The summed E-state index contributed by atoms with van der Waals surface area (Å²) in [7, 11) is 1.55. The van der Waals surface area contributed by atoms with Crippen molar-refractivity contribution in [2.45, 2.75) is 26.0 Å². The van der Waals surface area contributed by atoms with Gasteiger partial charge >= 0.3 is 0 Å². The summed E-state index contributed by atoms with van der Waals surface area (Å²) in [4.78, 5) is 18.2. The molecule has 1 amide bonds. The van der Waals surface area contributed by atoms with Crippen LogP contribution in [0.25, 0.3) is 11.1 Å². The highest BCUT2D eigenvalue weighted by molar-refractivity contribution is 7.12. The number of aliphatic hydroxyl groups is 1. The molecule has 3 N–H and O–H groups in total. The van der Waals surface area contributed by atoms with Crippen molar-refractivity contribution in [3.63, 3.8) is 0 Å². The molecule has 0 aliphatic heterocycles. The molecule has 6 nitrogen and oxygen atoms in total. The van der Waals surface area contributed by atoms with Crippen molar-refractivity contribution in [2.75, 3.05) is 7.05 Å². The Morgan fingerprint density at radius 3 is 2.88 bits per heavy atom. The minimum atomic E-state index is -0.203. The third-order valence-corrected chi connectivity index (χ3v) is 5.02. The molecule has 1 atom stereocenters. The lowest BCUT2D eigenvalue weighted by molar-refractivity contribution is -0.114. The van der Waals surface area contributed by atoms with Gasteiger partial charge < -0.3 is 10.8 Å². The zero-order valence-corrected chi connectivity index (χ0v) is 15.0. The number of amides is 1. The van der Waals surface area contributed by atoms with E-state index < -0.39 is 0 Å². The summed E-state index contributed by atoms with van der Waals surface area (Å²) in [6.45, 7) is 1.89. The van der Waals surface area contributed by atoms with E-state index in [4.69, 9.17) is 11.0 Å². The number of carbonyl (C=O) groups is 1. The molecule has 0 aliphatic carbocycles. The molecule has 1 unspecified atom stereocenters. The van der Waals surface area contributed by atoms with E-state index in [1.807, 2.05) is 25.1 Å². The minimum absolute atomic E-state index is 0.0966. The highest BCUT2D eigenvalue weighted by Crippen LogP contribution is 2.37. The lowest BCUT2D eigenvalue weighted by Crippen LogP contribution is -2.33. The molecule has 0 spiro atoms. The van der Waals surface area contributed by atoms with Crippen molar-refractivity contribution >= 4 is 23.7 Å².